The van der Waals surface area contributed by atoms with E-state index in [1.165, 1.54) is 11.3 Å². The van der Waals surface area contributed by atoms with Gasteiger partial charge in [-0.2, -0.15) is 0 Å². The highest BCUT2D eigenvalue weighted by Gasteiger charge is 2.08. The fourth-order valence-electron chi connectivity index (χ4n) is 2.21. The van der Waals surface area contributed by atoms with Gasteiger partial charge >= 0.3 is 0 Å². The molecule has 3 aromatic rings. The Kier molecular flexibility index (Phi) is 6.20. The van der Waals surface area contributed by atoms with Crippen LogP contribution in [0.1, 0.15) is 22.0 Å². The third-order valence-corrected chi connectivity index (χ3v) is 4.71. The summed E-state index contributed by atoms with van der Waals surface area (Å²) in [5.41, 5.74) is 2.68. The van der Waals surface area contributed by atoms with E-state index in [1.54, 1.807) is 18.3 Å². The highest BCUT2D eigenvalue weighted by atomic mass is 35.5. The molecule has 0 saturated heterocycles. The van der Waals surface area contributed by atoms with Gasteiger partial charge in [0.25, 0.3) is 0 Å². The molecule has 2 heterocycles. The van der Waals surface area contributed by atoms with Crippen molar-refractivity contribution in [2.24, 2.45) is 0 Å². The average molecular weight is 388 g/mol. The Morgan fingerprint density at radius 1 is 1.23 bits per heavy atom. The van der Waals surface area contributed by atoms with E-state index in [0.717, 1.165) is 22.0 Å². The number of nitrogens with zero attached hydrogens (tertiary/aromatic N) is 2. The van der Waals surface area contributed by atoms with Crippen LogP contribution >= 0.6 is 22.9 Å². The molecule has 0 atom stereocenters. The number of hydrogen-bond donors (Lipinski definition) is 1. The lowest BCUT2D eigenvalue weighted by molar-refractivity contribution is -0.120. The number of nitrogens with one attached hydrogen (secondary N) is 1. The molecule has 3 rings (SSSR count). The van der Waals surface area contributed by atoms with Gasteiger partial charge in [0, 0.05) is 22.6 Å². The van der Waals surface area contributed by atoms with Crippen LogP contribution in [0.2, 0.25) is 5.02 Å². The molecule has 134 valence electrons. The summed E-state index contributed by atoms with van der Waals surface area (Å²) in [5, 5.41) is 6.27. The second-order valence-corrected chi connectivity index (χ2v) is 7.12. The minimum Gasteiger partial charge on any atom is -0.485 e. The molecule has 0 saturated carbocycles. The van der Waals surface area contributed by atoms with E-state index < -0.39 is 0 Å². The number of halogens is 1. The largest absolute Gasteiger partial charge is 0.485 e. The Morgan fingerprint density at radius 2 is 2.04 bits per heavy atom. The number of hydrogen-bond acceptors (Lipinski definition) is 5. The summed E-state index contributed by atoms with van der Waals surface area (Å²) >= 11 is 7.33. The molecule has 0 aliphatic carbocycles. The smallest absolute Gasteiger partial charge is 0.226 e. The summed E-state index contributed by atoms with van der Waals surface area (Å²) in [6, 6.07) is 11.2. The zero-order chi connectivity index (χ0) is 18.4. The third kappa shape index (κ3) is 5.54. The topological polar surface area (TPSA) is 64.1 Å². The van der Waals surface area contributed by atoms with E-state index in [0.29, 0.717) is 23.9 Å². The summed E-state index contributed by atoms with van der Waals surface area (Å²) < 4.78 is 5.65. The van der Waals surface area contributed by atoms with Crippen molar-refractivity contribution in [3.05, 3.63) is 75.0 Å². The monoisotopic (exact) mass is 387 g/mol. The van der Waals surface area contributed by atoms with Crippen molar-refractivity contribution in [2.75, 3.05) is 0 Å². The highest BCUT2D eigenvalue weighted by Crippen LogP contribution is 2.15. The van der Waals surface area contributed by atoms with Gasteiger partial charge < -0.3 is 10.1 Å². The zero-order valence-corrected chi connectivity index (χ0v) is 15.8. The van der Waals surface area contributed by atoms with Gasteiger partial charge in [0.2, 0.25) is 5.91 Å². The first-order valence-corrected chi connectivity index (χ1v) is 9.34. The van der Waals surface area contributed by atoms with Crippen LogP contribution in [0.5, 0.6) is 5.75 Å². The van der Waals surface area contributed by atoms with Gasteiger partial charge in [-0.1, -0.05) is 23.7 Å². The van der Waals surface area contributed by atoms with E-state index in [4.69, 9.17) is 16.3 Å². The number of aromatic nitrogens is 2. The van der Waals surface area contributed by atoms with Crippen molar-refractivity contribution < 1.29 is 9.53 Å². The number of ether oxygens (including phenoxy) is 1. The molecule has 1 amide bonds. The molecular weight excluding hydrogens is 370 g/mol. The van der Waals surface area contributed by atoms with Crippen molar-refractivity contribution in [1.82, 2.24) is 15.3 Å². The number of benzene rings is 1. The first-order chi connectivity index (χ1) is 12.6. The van der Waals surface area contributed by atoms with Gasteiger partial charge in [-0.25, -0.2) is 4.98 Å². The third-order valence-electron chi connectivity index (χ3n) is 3.59. The number of carbonyl (C=O) groups is 1. The fraction of sp³-hybridized carbons (Fsp3) is 0.211. The number of amides is 1. The Labute approximate surface area is 161 Å². The Morgan fingerprint density at radius 3 is 2.77 bits per heavy atom. The lowest BCUT2D eigenvalue weighted by Crippen LogP contribution is -2.24. The van der Waals surface area contributed by atoms with Crippen LogP contribution in [0.25, 0.3) is 0 Å². The summed E-state index contributed by atoms with van der Waals surface area (Å²) in [4.78, 5) is 20.7. The molecule has 0 fully saturated rings. The summed E-state index contributed by atoms with van der Waals surface area (Å²) in [7, 11) is 0. The first kappa shape index (κ1) is 18.4. The molecule has 1 N–H and O–H groups in total. The second kappa shape index (κ2) is 8.78. The van der Waals surface area contributed by atoms with Crippen molar-refractivity contribution in [3.63, 3.8) is 0 Å². The molecule has 0 aliphatic heterocycles. The van der Waals surface area contributed by atoms with Crippen LogP contribution in [-0.4, -0.2) is 15.9 Å². The van der Waals surface area contributed by atoms with Gasteiger partial charge in [-0.15, -0.1) is 11.3 Å². The molecule has 7 heteroatoms. The van der Waals surface area contributed by atoms with Crippen molar-refractivity contribution in [3.8, 4) is 5.75 Å². The molecule has 0 bridgehead atoms. The zero-order valence-electron chi connectivity index (χ0n) is 14.2. The van der Waals surface area contributed by atoms with Crippen LogP contribution in [0, 0.1) is 6.92 Å². The SMILES string of the molecule is Cc1ccc(OCc2nc(CC(=O)NCc3ccc(Cl)cc3)cs2)cn1. The van der Waals surface area contributed by atoms with Gasteiger partial charge in [0.1, 0.15) is 17.4 Å². The lowest BCUT2D eigenvalue weighted by atomic mass is 10.2. The maximum Gasteiger partial charge on any atom is 0.226 e. The van der Waals surface area contributed by atoms with E-state index in [-0.39, 0.29) is 12.3 Å². The van der Waals surface area contributed by atoms with Crippen LogP contribution in [0.3, 0.4) is 0 Å². The maximum atomic E-state index is 12.1. The van der Waals surface area contributed by atoms with Crippen LogP contribution < -0.4 is 10.1 Å². The lowest BCUT2D eigenvalue weighted by Gasteiger charge is -2.04. The molecule has 0 radical (unpaired) electrons. The quantitative estimate of drug-likeness (QED) is 0.667. The maximum absolute atomic E-state index is 12.1. The fourth-order valence-corrected chi connectivity index (χ4v) is 3.04. The summed E-state index contributed by atoms with van der Waals surface area (Å²) in [5.74, 6) is 0.633. The second-order valence-electron chi connectivity index (χ2n) is 5.74. The first-order valence-electron chi connectivity index (χ1n) is 8.08. The van der Waals surface area contributed by atoms with Crippen LogP contribution in [0.4, 0.5) is 0 Å². The Hall–Kier alpha value is -2.44. The van der Waals surface area contributed by atoms with E-state index >= 15 is 0 Å². The molecule has 26 heavy (non-hydrogen) atoms. The molecule has 0 unspecified atom stereocenters. The number of pyridine rings is 1. The van der Waals surface area contributed by atoms with Gasteiger partial charge in [-0.05, 0) is 36.8 Å². The van der Waals surface area contributed by atoms with Crippen molar-refractivity contribution in [2.45, 2.75) is 26.5 Å². The molecule has 5 nitrogen and oxygen atoms in total. The summed E-state index contributed by atoms with van der Waals surface area (Å²) in [6.07, 6.45) is 1.93. The minimum absolute atomic E-state index is 0.0690. The van der Waals surface area contributed by atoms with E-state index in [1.807, 2.05) is 36.6 Å². The van der Waals surface area contributed by atoms with Crippen molar-refractivity contribution in [1.29, 1.82) is 0 Å². The van der Waals surface area contributed by atoms with E-state index in [2.05, 4.69) is 15.3 Å². The molecule has 0 aliphatic rings. The Bertz CT molecular complexity index is 863. The standard InChI is InChI=1S/C19H18ClN3O2S/c1-13-2-7-17(10-21-13)25-11-19-23-16(12-26-19)8-18(24)22-9-14-3-5-15(20)6-4-14/h2-7,10,12H,8-9,11H2,1H3,(H,22,24). The minimum atomic E-state index is -0.0690. The molecule has 0 spiro atoms. The van der Waals surface area contributed by atoms with E-state index in [9.17, 15) is 4.79 Å². The Balaban J connectivity index is 1.45. The van der Waals surface area contributed by atoms with Crippen molar-refractivity contribution >= 4 is 28.8 Å². The molecular formula is C19H18ClN3O2S. The number of thiazole rings is 1. The van der Waals surface area contributed by atoms with Gasteiger partial charge in [-0.3, -0.25) is 9.78 Å². The van der Waals surface area contributed by atoms with Crippen LogP contribution in [-0.2, 0) is 24.4 Å². The predicted octanol–water partition coefficient (Wildman–Crippen LogP) is 3.94. The average Bonchev–Trinajstić information content (AvgIpc) is 3.08. The number of carbonyl (C=O) groups excluding carboxylic acids is 1. The van der Waals surface area contributed by atoms with Gasteiger partial charge in [0.15, 0.2) is 0 Å². The predicted molar refractivity (Wildman–Crippen MR) is 102 cm³/mol. The number of rotatable bonds is 7. The van der Waals surface area contributed by atoms with Crippen LogP contribution in [0.15, 0.2) is 48.0 Å². The number of aryl methyl sites for hydroxylation is 1. The molecule has 2 aromatic heterocycles. The molecule has 1 aromatic carbocycles. The normalized spacial score (nSPS) is 10.5. The van der Waals surface area contributed by atoms with Gasteiger partial charge in [0.05, 0.1) is 18.3 Å². The highest BCUT2D eigenvalue weighted by molar-refractivity contribution is 7.09. The summed E-state index contributed by atoms with van der Waals surface area (Å²) in [6.45, 7) is 2.76.